The number of rotatable bonds is 6. The summed E-state index contributed by atoms with van der Waals surface area (Å²) >= 11 is 0. The number of carboxylic acid groups (broad SMARTS) is 1. The lowest BCUT2D eigenvalue weighted by molar-refractivity contribution is -0.136. The zero-order chi connectivity index (χ0) is 17.7. The predicted molar refractivity (Wildman–Crippen MR) is 89.5 cm³/mol. The van der Waals surface area contributed by atoms with Gasteiger partial charge in [-0.2, -0.15) is 0 Å². The maximum Gasteiger partial charge on any atom is 0.307 e. The normalized spacial score (nSPS) is 10.7. The van der Waals surface area contributed by atoms with Crippen LogP contribution in [-0.4, -0.2) is 26.6 Å². The van der Waals surface area contributed by atoms with Gasteiger partial charge in [-0.1, -0.05) is 18.1 Å². The summed E-state index contributed by atoms with van der Waals surface area (Å²) in [6, 6.07) is 10.6. The van der Waals surface area contributed by atoms with Gasteiger partial charge in [0.15, 0.2) is 0 Å². The van der Waals surface area contributed by atoms with Crippen molar-refractivity contribution in [3.05, 3.63) is 53.6 Å². The molecule has 24 heavy (non-hydrogen) atoms. The fourth-order valence-corrected chi connectivity index (χ4v) is 3.37. The highest BCUT2D eigenvalue weighted by atomic mass is 32.2. The molecule has 0 saturated heterocycles. The zero-order valence-electron chi connectivity index (χ0n) is 12.8. The highest BCUT2D eigenvalue weighted by molar-refractivity contribution is 7.92. The minimum Gasteiger partial charge on any atom is -0.495 e. The van der Waals surface area contributed by atoms with E-state index in [2.05, 4.69) is 10.6 Å². The number of benzene rings is 2. The van der Waals surface area contributed by atoms with E-state index in [0.717, 1.165) is 0 Å². The van der Waals surface area contributed by atoms with Crippen LogP contribution >= 0.6 is 0 Å². The second-order valence-corrected chi connectivity index (χ2v) is 6.54. The van der Waals surface area contributed by atoms with E-state index in [1.807, 2.05) is 0 Å². The molecule has 2 aromatic rings. The molecule has 6 nitrogen and oxygen atoms in total. The molecule has 0 unspecified atom stereocenters. The number of terminal acetylenes is 1. The van der Waals surface area contributed by atoms with Crippen molar-refractivity contribution in [1.82, 2.24) is 0 Å². The summed E-state index contributed by atoms with van der Waals surface area (Å²) in [6.45, 7) is 0. The average molecular weight is 345 g/mol. The van der Waals surface area contributed by atoms with Crippen LogP contribution in [0.1, 0.15) is 11.1 Å². The molecule has 0 aromatic heterocycles. The lowest BCUT2D eigenvalue weighted by atomic mass is 10.1. The summed E-state index contributed by atoms with van der Waals surface area (Å²) < 4.78 is 32.7. The van der Waals surface area contributed by atoms with E-state index in [0.29, 0.717) is 16.8 Å². The number of hydrogen-bond acceptors (Lipinski definition) is 4. The molecule has 0 aliphatic heterocycles. The number of carboxylic acids is 1. The van der Waals surface area contributed by atoms with Crippen LogP contribution in [-0.2, 0) is 21.2 Å². The summed E-state index contributed by atoms with van der Waals surface area (Å²) in [5.41, 5.74) is 1.18. The topological polar surface area (TPSA) is 92.7 Å². The third-order valence-electron chi connectivity index (χ3n) is 3.15. The first-order chi connectivity index (χ1) is 11.4. The molecular formula is C17H15NO5S. The molecular weight excluding hydrogens is 330 g/mol. The van der Waals surface area contributed by atoms with E-state index in [4.69, 9.17) is 16.3 Å². The Labute approximate surface area is 140 Å². The Hall–Kier alpha value is -2.98. The SMILES string of the molecule is C#Cc1cccc(NS(=O)(=O)c2cc(CC(=O)O)ccc2OC)c1. The highest BCUT2D eigenvalue weighted by Gasteiger charge is 2.21. The molecule has 0 atom stereocenters. The van der Waals surface area contributed by atoms with Gasteiger partial charge in [0, 0.05) is 5.56 Å². The van der Waals surface area contributed by atoms with Gasteiger partial charge in [0.25, 0.3) is 10.0 Å². The quantitative estimate of drug-likeness (QED) is 0.782. The van der Waals surface area contributed by atoms with Crippen LogP contribution in [0.5, 0.6) is 5.75 Å². The van der Waals surface area contributed by atoms with Gasteiger partial charge in [-0.15, -0.1) is 6.42 Å². The molecule has 0 bridgehead atoms. The van der Waals surface area contributed by atoms with Gasteiger partial charge in [-0.3, -0.25) is 9.52 Å². The lowest BCUT2D eigenvalue weighted by Gasteiger charge is -2.13. The molecule has 0 radical (unpaired) electrons. The second-order valence-electron chi connectivity index (χ2n) is 4.89. The Bertz CT molecular complexity index is 913. The van der Waals surface area contributed by atoms with Gasteiger partial charge in [0.05, 0.1) is 19.2 Å². The van der Waals surface area contributed by atoms with Crippen LogP contribution in [0.4, 0.5) is 5.69 Å². The molecule has 2 aromatic carbocycles. The molecule has 0 saturated carbocycles. The highest BCUT2D eigenvalue weighted by Crippen LogP contribution is 2.27. The van der Waals surface area contributed by atoms with Gasteiger partial charge in [-0.05, 0) is 35.9 Å². The monoisotopic (exact) mass is 345 g/mol. The number of sulfonamides is 1. The number of hydrogen-bond donors (Lipinski definition) is 2. The van der Waals surface area contributed by atoms with Crippen LogP contribution in [0.2, 0.25) is 0 Å². The summed E-state index contributed by atoms with van der Waals surface area (Å²) in [5, 5.41) is 8.86. The van der Waals surface area contributed by atoms with Crippen molar-refractivity contribution in [3.63, 3.8) is 0 Å². The number of methoxy groups -OCH3 is 1. The Balaban J connectivity index is 2.43. The van der Waals surface area contributed by atoms with Gasteiger partial charge < -0.3 is 9.84 Å². The van der Waals surface area contributed by atoms with Gasteiger partial charge >= 0.3 is 5.97 Å². The molecule has 0 fully saturated rings. The van der Waals surface area contributed by atoms with Crippen molar-refractivity contribution in [2.45, 2.75) is 11.3 Å². The Kier molecular flexibility index (Phi) is 5.11. The van der Waals surface area contributed by atoms with Crippen molar-refractivity contribution >= 4 is 21.7 Å². The zero-order valence-corrected chi connectivity index (χ0v) is 13.6. The van der Waals surface area contributed by atoms with Gasteiger partial charge in [0.2, 0.25) is 0 Å². The van der Waals surface area contributed by atoms with Crippen LogP contribution in [0.25, 0.3) is 0 Å². The van der Waals surface area contributed by atoms with Crippen LogP contribution in [0, 0.1) is 12.3 Å². The largest absolute Gasteiger partial charge is 0.495 e. The maximum atomic E-state index is 12.6. The minimum atomic E-state index is -3.98. The first-order valence-electron chi connectivity index (χ1n) is 6.84. The smallest absolute Gasteiger partial charge is 0.307 e. The Morgan fingerprint density at radius 1 is 1.29 bits per heavy atom. The van der Waals surface area contributed by atoms with Crippen LogP contribution in [0.15, 0.2) is 47.4 Å². The molecule has 124 valence electrons. The number of nitrogens with one attached hydrogen (secondary N) is 1. The standard InChI is InChI=1S/C17H15NO5S/c1-3-12-5-4-6-14(9-12)18-24(21,22)16-10-13(11-17(19)20)7-8-15(16)23-2/h1,4-10,18H,11H2,2H3,(H,19,20). The van der Waals surface area contributed by atoms with Crippen molar-refractivity contribution in [1.29, 1.82) is 0 Å². The number of carbonyl (C=O) groups is 1. The van der Waals surface area contributed by atoms with Crippen LogP contribution in [0.3, 0.4) is 0 Å². The summed E-state index contributed by atoms with van der Waals surface area (Å²) in [7, 11) is -2.64. The van der Waals surface area contributed by atoms with Crippen molar-refractivity contribution in [2.75, 3.05) is 11.8 Å². The van der Waals surface area contributed by atoms with E-state index >= 15 is 0 Å². The van der Waals surface area contributed by atoms with Crippen molar-refractivity contribution in [2.24, 2.45) is 0 Å². The summed E-state index contributed by atoms with van der Waals surface area (Å²) in [6.07, 6.45) is 5.01. The fraction of sp³-hybridized carbons (Fsp3) is 0.118. The molecule has 0 spiro atoms. The van der Waals surface area contributed by atoms with Crippen molar-refractivity contribution < 1.29 is 23.1 Å². The number of ether oxygens (including phenoxy) is 1. The third kappa shape index (κ3) is 4.06. The first-order valence-corrected chi connectivity index (χ1v) is 8.32. The molecule has 0 amide bonds. The number of anilines is 1. The van der Waals surface area contributed by atoms with E-state index in [9.17, 15) is 13.2 Å². The number of aliphatic carboxylic acids is 1. The van der Waals surface area contributed by atoms with Crippen molar-refractivity contribution in [3.8, 4) is 18.1 Å². The average Bonchev–Trinajstić information content (AvgIpc) is 2.54. The van der Waals surface area contributed by atoms with E-state index in [1.165, 1.54) is 31.4 Å². The molecule has 2 N–H and O–H groups in total. The van der Waals surface area contributed by atoms with E-state index < -0.39 is 16.0 Å². The summed E-state index contributed by atoms with van der Waals surface area (Å²) in [5.74, 6) is 1.48. The van der Waals surface area contributed by atoms with Gasteiger partial charge in [-0.25, -0.2) is 8.42 Å². The second kappa shape index (κ2) is 7.06. The predicted octanol–water partition coefficient (Wildman–Crippen LogP) is 2.10. The third-order valence-corrected chi connectivity index (χ3v) is 4.56. The fourth-order valence-electron chi connectivity index (χ4n) is 2.10. The van der Waals surface area contributed by atoms with Crippen LogP contribution < -0.4 is 9.46 Å². The maximum absolute atomic E-state index is 12.6. The van der Waals surface area contributed by atoms with E-state index in [-0.39, 0.29) is 17.1 Å². The molecule has 7 heteroatoms. The Morgan fingerprint density at radius 3 is 2.67 bits per heavy atom. The van der Waals surface area contributed by atoms with E-state index in [1.54, 1.807) is 18.2 Å². The molecule has 0 aliphatic carbocycles. The lowest BCUT2D eigenvalue weighted by Crippen LogP contribution is -2.15. The Morgan fingerprint density at radius 2 is 2.04 bits per heavy atom. The molecule has 2 rings (SSSR count). The minimum absolute atomic E-state index is 0.116. The first kappa shape index (κ1) is 17.4. The molecule has 0 aliphatic rings. The van der Waals surface area contributed by atoms with Gasteiger partial charge in [0.1, 0.15) is 10.6 Å². The summed E-state index contributed by atoms with van der Waals surface area (Å²) in [4.78, 5) is 10.7. The molecule has 0 heterocycles.